The van der Waals surface area contributed by atoms with Gasteiger partial charge in [-0.3, -0.25) is 0 Å². The lowest BCUT2D eigenvalue weighted by atomic mass is 10.3. The number of likely N-dealkylation sites (N-methyl/N-ethyl adjacent to an activating group) is 1. The SMILES string of the molecule is CCNCCOCCCOc1ccccc1OCC. The zero-order valence-electron chi connectivity index (χ0n) is 12.0. The third-order valence-corrected chi connectivity index (χ3v) is 2.51. The van der Waals surface area contributed by atoms with E-state index in [4.69, 9.17) is 14.2 Å². The number of hydrogen-bond donors (Lipinski definition) is 1. The largest absolute Gasteiger partial charge is 0.490 e. The van der Waals surface area contributed by atoms with Crippen LogP contribution in [0.3, 0.4) is 0 Å². The molecule has 0 saturated carbocycles. The molecule has 1 N–H and O–H groups in total. The minimum absolute atomic E-state index is 0.644. The van der Waals surface area contributed by atoms with Gasteiger partial charge in [-0.05, 0) is 25.6 Å². The third-order valence-electron chi connectivity index (χ3n) is 2.51. The van der Waals surface area contributed by atoms with Gasteiger partial charge in [0.15, 0.2) is 11.5 Å². The molecule has 4 heteroatoms. The predicted molar refractivity (Wildman–Crippen MR) is 77.1 cm³/mol. The van der Waals surface area contributed by atoms with Crippen molar-refractivity contribution in [3.05, 3.63) is 24.3 Å². The maximum Gasteiger partial charge on any atom is 0.161 e. The number of benzene rings is 1. The van der Waals surface area contributed by atoms with Gasteiger partial charge in [0.05, 0.1) is 19.8 Å². The first-order valence-electron chi connectivity index (χ1n) is 7.01. The summed E-state index contributed by atoms with van der Waals surface area (Å²) in [6.45, 7) is 8.72. The highest BCUT2D eigenvalue weighted by molar-refractivity contribution is 5.39. The van der Waals surface area contributed by atoms with Gasteiger partial charge in [0.1, 0.15) is 0 Å². The number of ether oxygens (including phenoxy) is 3. The lowest BCUT2D eigenvalue weighted by Crippen LogP contribution is -2.19. The van der Waals surface area contributed by atoms with E-state index in [2.05, 4.69) is 12.2 Å². The average molecular weight is 267 g/mol. The van der Waals surface area contributed by atoms with Crippen LogP contribution in [0.15, 0.2) is 24.3 Å². The average Bonchev–Trinajstić information content (AvgIpc) is 2.44. The Bertz CT molecular complexity index is 331. The summed E-state index contributed by atoms with van der Waals surface area (Å²) in [5, 5.41) is 3.21. The summed E-state index contributed by atoms with van der Waals surface area (Å²) in [6.07, 6.45) is 0.882. The van der Waals surface area contributed by atoms with Gasteiger partial charge < -0.3 is 19.5 Å². The van der Waals surface area contributed by atoms with Crippen molar-refractivity contribution in [2.24, 2.45) is 0 Å². The zero-order valence-corrected chi connectivity index (χ0v) is 12.0. The summed E-state index contributed by atoms with van der Waals surface area (Å²) in [4.78, 5) is 0. The van der Waals surface area contributed by atoms with Crippen molar-refractivity contribution in [1.29, 1.82) is 0 Å². The molecule has 0 aliphatic carbocycles. The van der Waals surface area contributed by atoms with Crippen molar-refractivity contribution in [3.63, 3.8) is 0 Å². The standard InChI is InChI=1S/C15H25NO3/c1-3-16-10-13-17-11-7-12-19-15-9-6-5-8-14(15)18-4-2/h5-6,8-9,16H,3-4,7,10-13H2,1-2H3. The number of nitrogens with one attached hydrogen (secondary N) is 1. The van der Waals surface area contributed by atoms with Crippen LogP contribution in [-0.2, 0) is 4.74 Å². The number of hydrogen-bond acceptors (Lipinski definition) is 4. The molecule has 0 aliphatic rings. The maximum atomic E-state index is 5.70. The number of para-hydroxylation sites is 2. The van der Waals surface area contributed by atoms with Crippen LogP contribution in [0, 0.1) is 0 Å². The smallest absolute Gasteiger partial charge is 0.161 e. The Balaban J connectivity index is 2.12. The van der Waals surface area contributed by atoms with Crippen LogP contribution in [0.2, 0.25) is 0 Å². The summed E-state index contributed by atoms with van der Waals surface area (Å²) >= 11 is 0. The molecule has 0 saturated heterocycles. The fourth-order valence-corrected chi connectivity index (χ4v) is 1.61. The number of rotatable bonds is 11. The molecule has 0 radical (unpaired) electrons. The van der Waals surface area contributed by atoms with E-state index in [0.29, 0.717) is 13.2 Å². The molecular weight excluding hydrogens is 242 g/mol. The van der Waals surface area contributed by atoms with Crippen molar-refractivity contribution < 1.29 is 14.2 Å². The first-order chi connectivity index (χ1) is 9.38. The fraction of sp³-hybridized carbons (Fsp3) is 0.600. The second-order valence-electron chi connectivity index (χ2n) is 4.05. The fourth-order valence-electron chi connectivity index (χ4n) is 1.61. The third kappa shape index (κ3) is 7.03. The van der Waals surface area contributed by atoms with Crippen molar-refractivity contribution in [2.75, 3.05) is 39.5 Å². The van der Waals surface area contributed by atoms with E-state index in [-0.39, 0.29) is 0 Å². The first-order valence-corrected chi connectivity index (χ1v) is 7.01. The minimum atomic E-state index is 0.644. The van der Waals surface area contributed by atoms with Gasteiger partial charge >= 0.3 is 0 Å². The van der Waals surface area contributed by atoms with Gasteiger partial charge in [0.25, 0.3) is 0 Å². The van der Waals surface area contributed by atoms with E-state index in [1.807, 2.05) is 31.2 Å². The summed E-state index contributed by atoms with van der Waals surface area (Å²) in [6, 6.07) is 7.75. The van der Waals surface area contributed by atoms with Gasteiger partial charge in [-0.15, -0.1) is 0 Å². The topological polar surface area (TPSA) is 39.7 Å². The van der Waals surface area contributed by atoms with Crippen molar-refractivity contribution in [3.8, 4) is 11.5 Å². The van der Waals surface area contributed by atoms with E-state index in [1.54, 1.807) is 0 Å². The molecule has 108 valence electrons. The molecule has 1 rings (SSSR count). The van der Waals surface area contributed by atoms with E-state index in [9.17, 15) is 0 Å². The van der Waals surface area contributed by atoms with Gasteiger partial charge in [-0.25, -0.2) is 0 Å². The molecular formula is C15H25NO3. The molecule has 0 heterocycles. The van der Waals surface area contributed by atoms with Crippen LogP contribution in [0.4, 0.5) is 0 Å². The van der Waals surface area contributed by atoms with Gasteiger partial charge in [0.2, 0.25) is 0 Å². The zero-order chi connectivity index (χ0) is 13.8. The van der Waals surface area contributed by atoms with Crippen molar-refractivity contribution >= 4 is 0 Å². The second kappa shape index (κ2) is 10.6. The molecule has 1 aromatic rings. The summed E-state index contributed by atoms with van der Waals surface area (Å²) in [5.74, 6) is 1.61. The molecule has 4 nitrogen and oxygen atoms in total. The molecule has 0 fully saturated rings. The highest BCUT2D eigenvalue weighted by Crippen LogP contribution is 2.26. The molecule has 0 aromatic heterocycles. The molecule has 0 amide bonds. The molecule has 0 bridgehead atoms. The molecule has 0 spiro atoms. The Morgan fingerprint density at radius 3 is 2.37 bits per heavy atom. The normalized spacial score (nSPS) is 10.4. The van der Waals surface area contributed by atoms with E-state index < -0.39 is 0 Å². The molecule has 0 atom stereocenters. The Kier molecular flexibility index (Phi) is 8.85. The Morgan fingerprint density at radius 2 is 1.68 bits per heavy atom. The minimum Gasteiger partial charge on any atom is -0.490 e. The van der Waals surface area contributed by atoms with Gasteiger partial charge in [-0.2, -0.15) is 0 Å². The van der Waals surface area contributed by atoms with E-state index in [1.165, 1.54) is 0 Å². The molecule has 0 unspecified atom stereocenters. The second-order valence-corrected chi connectivity index (χ2v) is 4.05. The van der Waals surface area contributed by atoms with Crippen LogP contribution >= 0.6 is 0 Å². The Morgan fingerprint density at radius 1 is 0.947 bits per heavy atom. The van der Waals surface area contributed by atoms with Crippen LogP contribution in [0.5, 0.6) is 11.5 Å². The maximum absolute atomic E-state index is 5.70. The molecule has 0 aliphatic heterocycles. The summed E-state index contributed by atoms with van der Waals surface area (Å²) < 4.78 is 16.7. The molecule has 19 heavy (non-hydrogen) atoms. The van der Waals surface area contributed by atoms with E-state index in [0.717, 1.165) is 44.2 Å². The molecule has 1 aromatic carbocycles. The van der Waals surface area contributed by atoms with E-state index >= 15 is 0 Å². The first kappa shape index (κ1) is 15.8. The van der Waals surface area contributed by atoms with Crippen LogP contribution in [0.25, 0.3) is 0 Å². The predicted octanol–water partition coefficient (Wildman–Crippen LogP) is 2.48. The van der Waals surface area contributed by atoms with Crippen LogP contribution < -0.4 is 14.8 Å². The highest BCUT2D eigenvalue weighted by atomic mass is 16.5. The summed E-state index contributed by atoms with van der Waals surface area (Å²) in [7, 11) is 0. The lowest BCUT2D eigenvalue weighted by Gasteiger charge is -2.11. The Labute approximate surface area is 116 Å². The summed E-state index contributed by atoms with van der Waals surface area (Å²) in [5.41, 5.74) is 0. The van der Waals surface area contributed by atoms with Crippen LogP contribution in [-0.4, -0.2) is 39.5 Å². The van der Waals surface area contributed by atoms with Crippen molar-refractivity contribution in [2.45, 2.75) is 20.3 Å². The Hall–Kier alpha value is -1.26. The monoisotopic (exact) mass is 267 g/mol. The van der Waals surface area contributed by atoms with Crippen molar-refractivity contribution in [1.82, 2.24) is 5.32 Å². The van der Waals surface area contributed by atoms with Gasteiger partial charge in [0, 0.05) is 19.6 Å². The van der Waals surface area contributed by atoms with Gasteiger partial charge in [-0.1, -0.05) is 19.1 Å². The quantitative estimate of drug-likeness (QED) is 0.625. The highest BCUT2D eigenvalue weighted by Gasteiger charge is 2.02. The lowest BCUT2D eigenvalue weighted by molar-refractivity contribution is 0.120. The van der Waals surface area contributed by atoms with Crippen LogP contribution in [0.1, 0.15) is 20.3 Å².